The van der Waals surface area contributed by atoms with Gasteiger partial charge >= 0.3 is 18.7 Å². The molecule has 0 radical (unpaired) electrons. The molecule has 0 heterocycles. The van der Waals surface area contributed by atoms with Crippen molar-refractivity contribution < 1.29 is 42.9 Å². The van der Waals surface area contributed by atoms with Crippen LogP contribution < -0.4 is 0 Å². The van der Waals surface area contributed by atoms with E-state index in [4.69, 9.17) is 29.7 Å². The molecular formula is C3H3F3O6. The number of rotatable bonds is 0. The Morgan fingerprint density at radius 2 is 0.667 bits per heavy atom. The fourth-order valence-corrected chi connectivity index (χ4v) is 0. The number of hydrogen-bond donors (Lipinski definition) is 3. The van der Waals surface area contributed by atoms with Gasteiger partial charge in [-0.1, -0.05) is 0 Å². The van der Waals surface area contributed by atoms with E-state index in [2.05, 4.69) is 0 Å². The first kappa shape index (κ1) is 16.7. The van der Waals surface area contributed by atoms with Gasteiger partial charge in [-0.15, -0.1) is 13.2 Å². The molecule has 0 spiro atoms. The van der Waals surface area contributed by atoms with Gasteiger partial charge in [0.25, 0.3) is 0 Å². The third kappa shape index (κ3) is 131. The molecule has 9 heteroatoms. The first-order valence-corrected chi connectivity index (χ1v) is 1.85. The summed E-state index contributed by atoms with van der Waals surface area (Å²) < 4.78 is 29.8. The molecule has 72 valence electrons. The maximum atomic E-state index is 9.92. The van der Waals surface area contributed by atoms with E-state index in [1.54, 1.807) is 0 Å². The Morgan fingerprint density at radius 1 is 0.667 bits per heavy atom. The second-order valence-corrected chi connectivity index (χ2v) is 0.759. The summed E-state index contributed by atoms with van der Waals surface area (Å²) in [6.45, 7) is 0. The highest BCUT2D eigenvalue weighted by Gasteiger charge is 1.75. The topological polar surface area (TPSA) is 112 Å². The van der Waals surface area contributed by atoms with Crippen LogP contribution >= 0.6 is 0 Å². The van der Waals surface area contributed by atoms with Gasteiger partial charge in [-0.05, 0) is 0 Å². The second kappa shape index (κ2) is 11.9. The molecule has 0 aliphatic rings. The third-order valence-electron chi connectivity index (χ3n) is 0. The molecule has 0 atom stereocenters. The van der Waals surface area contributed by atoms with Crippen LogP contribution in [0.25, 0.3) is 0 Å². The normalized spacial score (nSPS) is 6.25. The van der Waals surface area contributed by atoms with Gasteiger partial charge < -0.3 is 15.3 Å². The van der Waals surface area contributed by atoms with Crippen LogP contribution in [-0.2, 0) is 0 Å². The standard InChI is InChI=1S/3CHFO2/c3*2-1(3)4/h3*(H,3,4). The molecule has 0 aromatic heterocycles. The van der Waals surface area contributed by atoms with E-state index in [-0.39, 0.29) is 0 Å². The summed E-state index contributed by atoms with van der Waals surface area (Å²) in [6, 6.07) is 0. The van der Waals surface area contributed by atoms with Gasteiger partial charge in [-0.2, -0.15) is 0 Å². The lowest BCUT2D eigenvalue weighted by Crippen LogP contribution is -1.69. The molecular weight excluding hydrogens is 189 g/mol. The van der Waals surface area contributed by atoms with E-state index in [0.29, 0.717) is 0 Å². The first-order valence-electron chi connectivity index (χ1n) is 1.85. The maximum Gasteiger partial charge on any atom is 0.492 e. The number of carboxylic acid groups (broad SMARTS) is 3. The molecule has 0 aliphatic carbocycles. The molecule has 0 unspecified atom stereocenters. The smallest absolute Gasteiger partial charge is 0.456 e. The van der Waals surface area contributed by atoms with Gasteiger partial charge in [0.15, 0.2) is 0 Å². The zero-order valence-corrected chi connectivity index (χ0v) is 5.20. The largest absolute Gasteiger partial charge is 0.492 e. The summed E-state index contributed by atoms with van der Waals surface area (Å²) in [6.07, 6.45) is -7.00. The third-order valence-corrected chi connectivity index (χ3v) is 0. The fourth-order valence-electron chi connectivity index (χ4n) is 0. The summed E-state index contributed by atoms with van der Waals surface area (Å²) in [7, 11) is 0. The molecule has 0 aromatic rings. The van der Waals surface area contributed by atoms with Crippen LogP contribution in [0.15, 0.2) is 0 Å². The summed E-state index contributed by atoms with van der Waals surface area (Å²) in [5.41, 5.74) is 0. The van der Waals surface area contributed by atoms with E-state index in [9.17, 15) is 13.2 Å². The van der Waals surface area contributed by atoms with Crippen molar-refractivity contribution in [3.63, 3.8) is 0 Å². The molecule has 0 amide bonds. The van der Waals surface area contributed by atoms with Crippen molar-refractivity contribution in [2.45, 2.75) is 0 Å². The van der Waals surface area contributed by atoms with Gasteiger partial charge in [-0.25, -0.2) is 14.4 Å². The van der Waals surface area contributed by atoms with Crippen molar-refractivity contribution >= 4 is 18.7 Å². The number of carbonyl (C=O) groups is 3. The second-order valence-electron chi connectivity index (χ2n) is 0.759. The summed E-state index contributed by atoms with van der Waals surface area (Å²) >= 11 is 0. The number of halogens is 3. The van der Waals surface area contributed by atoms with Crippen LogP contribution in [0.1, 0.15) is 0 Å². The number of hydrogen-bond acceptors (Lipinski definition) is 3. The van der Waals surface area contributed by atoms with E-state index in [1.807, 2.05) is 0 Å². The molecule has 0 saturated heterocycles. The Kier molecular flexibility index (Phi) is 16.6. The molecule has 0 rings (SSSR count). The van der Waals surface area contributed by atoms with E-state index in [0.717, 1.165) is 0 Å². The highest BCUT2D eigenvalue weighted by Crippen LogP contribution is 1.59. The van der Waals surface area contributed by atoms with E-state index >= 15 is 0 Å². The Morgan fingerprint density at radius 3 is 0.667 bits per heavy atom. The van der Waals surface area contributed by atoms with Gasteiger partial charge in [0.05, 0.1) is 0 Å². The summed E-state index contributed by atoms with van der Waals surface area (Å²) in [5.74, 6) is 0. The average Bonchev–Trinajstić information content (AvgIpc) is 1.54. The van der Waals surface area contributed by atoms with Gasteiger partial charge in [0.2, 0.25) is 0 Å². The van der Waals surface area contributed by atoms with Crippen LogP contribution in [0, 0.1) is 0 Å². The predicted molar refractivity (Wildman–Crippen MR) is 27.4 cm³/mol. The minimum absolute atomic E-state index is 2.33. The SMILES string of the molecule is O=C(O)F.O=C(O)F.O=C(O)F. The lowest BCUT2D eigenvalue weighted by Gasteiger charge is -1.53. The Bertz CT molecular complexity index is 116. The Balaban J connectivity index is -0.000000101. The van der Waals surface area contributed by atoms with Crippen LogP contribution in [0.4, 0.5) is 27.6 Å². The maximum absolute atomic E-state index is 9.92. The molecule has 0 fully saturated rings. The highest BCUT2D eigenvalue weighted by atomic mass is 19.2. The molecule has 12 heavy (non-hydrogen) atoms. The van der Waals surface area contributed by atoms with Crippen molar-refractivity contribution in [1.82, 2.24) is 0 Å². The summed E-state index contributed by atoms with van der Waals surface area (Å²) in [5, 5.41) is 20.2. The quantitative estimate of drug-likeness (QED) is 0.505. The first-order chi connectivity index (χ1) is 5.20. The molecule has 3 N–H and O–H groups in total. The molecule has 0 bridgehead atoms. The van der Waals surface area contributed by atoms with Crippen LogP contribution in [0.5, 0.6) is 0 Å². The Labute approximate surface area is 62.8 Å². The fraction of sp³-hybridized carbons (Fsp3) is 0. The minimum Gasteiger partial charge on any atom is -0.456 e. The lowest BCUT2D eigenvalue weighted by atomic mass is 11.5. The van der Waals surface area contributed by atoms with E-state index < -0.39 is 18.7 Å². The van der Waals surface area contributed by atoms with Crippen LogP contribution in [0.3, 0.4) is 0 Å². The van der Waals surface area contributed by atoms with Crippen LogP contribution in [-0.4, -0.2) is 34.0 Å². The minimum atomic E-state index is -2.33. The van der Waals surface area contributed by atoms with E-state index in [1.165, 1.54) is 0 Å². The van der Waals surface area contributed by atoms with Crippen molar-refractivity contribution in [3.8, 4) is 0 Å². The molecule has 0 aromatic carbocycles. The Hall–Kier alpha value is -1.80. The average molecular weight is 192 g/mol. The van der Waals surface area contributed by atoms with Crippen LogP contribution in [0.2, 0.25) is 0 Å². The summed E-state index contributed by atoms with van der Waals surface area (Å²) in [4.78, 5) is 25.0. The lowest BCUT2D eigenvalue weighted by molar-refractivity contribution is 0.167. The monoisotopic (exact) mass is 192 g/mol. The van der Waals surface area contributed by atoms with Gasteiger partial charge in [-0.3, -0.25) is 0 Å². The van der Waals surface area contributed by atoms with Gasteiger partial charge in [0, 0.05) is 0 Å². The highest BCUT2D eigenvalue weighted by molar-refractivity contribution is 5.55. The van der Waals surface area contributed by atoms with Crippen molar-refractivity contribution in [3.05, 3.63) is 0 Å². The van der Waals surface area contributed by atoms with Crippen molar-refractivity contribution in [2.24, 2.45) is 0 Å². The molecule has 0 aliphatic heterocycles. The zero-order valence-electron chi connectivity index (χ0n) is 5.20. The zero-order chi connectivity index (χ0) is 10.7. The molecule has 6 nitrogen and oxygen atoms in total. The predicted octanol–water partition coefficient (Wildman–Crippen LogP) is 1.90. The van der Waals surface area contributed by atoms with Crippen molar-refractivity contribution in [2.75, 3.05) is 0 Å². The van der Waals surface area contributed by atoms with Gasteiger partial charge in [0.1, 0.15) is 0 Å². The molecule has 0 saturated carbocycles. The van der Waals surface area contributed by atoms with Crippen molar-refractivity contribution in [1.29, 1.82) is 0 Å².